The molecule has 1 aliphatic carbocycles. The number of rotatable bonds is 0. The number of amides is 1. The van der Waals surface area contributed by atoms with Crippen LogP contribution in [0.25, 0.3) is 0 Å². The number of Topliss-reactive ketones (excluding diaryl/α,β-unsaturated/α-hetero) is 1. The largest absolute Gasteiger partial charge is 0.355 e. The van der Waals surface area contributed by atoms with Gasteiger partial charge in [-0.25, -0.2) is 0 Å². The molecule has 3 nitrogen and oxygen atoms in total. The van der Waals surface area contributed by atoms with Crippen molar-refractivity contribution in [1.82, 2.24) is 5.32 Å². The lowest BCUT2D eigenvalue weighted by Gasteiger charge is -2.28. The first-order chi connectivity index (χ1) is 5.76. The van der Waals surface area contributed by atoms with E-state index in [2.05, 4.69) is 5.32 Å². The minimum absolute atomic E-state index is 0.0211. The fourth-order valence-electron chi connectivity index (χ4n) is 2.27. The molecule has 2 fully saturated rings. The van der Waals surface area contributed by atoms with Gasteiger partial charge in [-0.3, -0.25) is 9.59 Å². The van der Waals surface area contributed by atoms with Crippen LogP contribution in [0, 0.1) is 5.41 Å². The number of carbonyl (C=O) groups is 2. The zero-order chi connectivity index (χ0) is 8.60. The molecule has 0 radical (unpaired) electrons. The van der Waals surface area contributed by atoms with Gasteiger partial charge in [-0.2, -0.15) is 0 Å². The molecule has 0 aromatic heterocycles. The summed E-state index contributed by atoms with van der Waals surface area (Å²) in [6.07, 6.45) is 4.10. The third-order valence-corrected chi connectivity index (χ3v) is 3.06. The highest BCUT2D eigenvalue weighted by Crippen LogP contribution is 2.38. The summed E-state index contributed by atoms with van der Waals surface area (Å²) in [6.45, 7) is 0.685. The van der Waals surface area contributed by atoms with Gasteiger partial charge in [0, 0.05) is 13.0 Å². The molecule has 1 heterocycles. The highest BCUT2D eigenvalue weighted by molar-refractivity contribution is 6.07. The van der Waals surface area contributed by atoms with Crippen molar-refractivity contribution in [3.8, 4) is 0 Å². The predicted octanol–water partition coefficient (Wildman–Crippen LogP) is 0.636. The predicted molar refractivity (Wildman–Crippen MR) is 43.5 cm³/mol. The van der Waals surface area contributed by atoms with Crippen molar-refractivity contribution in [3.05, 3.63) is 0 Å². The van der Waals surface area contributed by atoms with Crippen molar-refractivity contribution >= 4 is 11.7 Å². The lowest BCUT2D eigenvalue weighted by atomic mass is 9.72. The second-order valence-electron chi connectivity index (χ2n) is 3.72. The summed E-state index contributed by atoms with van der Waals surface area (Å²) in [5.41, 5.74) is -0.599. The summed E-state index contributed by atoms with van der Waals surface area (Å²) < 4.78 is 0. The average molecular weight is 167 g/mol. The summed E-state index contributed by atoms with van der Waals surface area (Å²) in [5.74, 6) is 0.149. The van der Waals surface area contributed by atoms with Gasteiger partial charge in [0.2, 0.25) is 5.91 Å². The van der Waals surface area contributed by atoms with Gasteiger partial charge in [-0.1, -0.05) is 6.42 Å². The summed E-state index contributed by atoms with van der Waals surface area (Å²) in [5, 5.41) is 2.75. The SMILES string of the molecule is O=C1CCCC[C@@]12CCNC2=O. The Morgan fingerprint density at radius 3 is 2.58 bits per heavy atom. The highest BCUT2D eigenvalue weighted by atomic mass is 16.2. The van der Waals surface area contributed by atoms with Crippen LogP contribution >= 0.6 is 0 Å². The quantitative estimate of drug-likeness (QED) is 0.538. The fraction of sp³-hybridized carbons (Fsp3) is 0.778. The number of hydrogen-bond acceptors (Lipinski definition) is 2. The summed E-state index contributed by atoms with van der Waals surface area (Å²) in [4.78, 5) is 23.0. The molecule has 1 spiro atoms. The Labute approximate surface area is 71.5 Å². The molecule has 0 unspecified atom stereocenters. The Hall–Kier alpha value is -0.860. The minimum Gasteiger partial charge on any atom is -0.355 e. The lowest BCUT2D eigenvalue weighted by molar-refractivity contribution is -0.141. The number of hydrogen-bond donors (Lipinski definition) is 1. The van der Waals surface area contributed by atoms with Crippen molar-refractivity contribution in [2.24, 2.45) is 5.41 Å². The lowest BCUT2D eigenvalue weighted by Crippen LogP contribution is -2.40. The smallest absolute Gasteiger partial charge is 0.233 e. The monoisotopic (exact) mass is 167 g/mol. The van der Waals surface area contributed by atoms with Crippen molar-refractivity contribution in [2.75, 3.05) is 6.54 Å². The van der Waals surface area contributed by atoms with Crippen LogP contribution in [-0.4, -0.2) is 18.2 Å². The van der Waals surface area contributed by atoms with Gasteiger partial charge < -0.3 is 5.32 Å². The maximum atomic E-state index is 11.6. The molecular formula is C9H13NO2. The van der Waals surface area contributed by atoms with Crippen molar-refractivity contribution in [3.63, 3.8) is 0 Å². The molecule has 2 rings (SSSR count). The Kier molecular flexibility index (Phi) is 1.67. The van der Waals surface area contributed by atoms with Gasteiger partial charge in [0.1, 0.15) is 11.2 Å². The van der Waals surface area contributed by atoms with E-state index in [0.717, 1.165) is 25.7 Å². The van der Waals surface area contributed by atoms with E-state index in [0.29, 0.717) is 13.0 Å². The minimum atomic E-state index is -0.599. The molecule has 0 bridgehead atoms. The maximum Gasteiger partial charge on any atom is 0.233 e. The van der Waals surface area contributed by atoms with Gasteiger partial charge in [-0.15, -0.1) is 0 Å². The molecule has 1 N–H and O–H groups in total. The Morgan fingerprint density at radius 2 is 2.00 bits per heavy atom. The van der Waals surface area contributed by atoms with Crippen LogP contribution in [0.15, 0.2) is 0 Å². The Bertz CT molecular complexity index is 237. The molecule has 12 heavy (non-hydrogen) atoms. The molecule has 66 valence electrons. The van der Waals surface area contributed by atoms with Gasteiger partial charge in [0.25, 0.3) is 0 Å². The van der Waals surface area contributed by atoms with E-state index < -0.39 is 5.41 Å². The number of nitrogens with one attached hydrogen (secondary N) is 1. The van der Waals surface area contributed by atoms with Crippen molar-refractivity contribution in [2.45, 2.75) is 32.1 Å². The van der Waals surface area contributed by atoms with Gasteiger partial charge in [-0.05, 0) is 19.3 Å². The van der Waals surface area contributed by atoms with Crippen LogP contribution in [0.2, 0.25) is 0 Å². The number of ketones is 1. The second-order valence-corrected chi connectivity index (χ2v) is 3.72. The first-order valence-corrected chi connectivity index (χ1v) is 4.57. The third kappa shape index (κ3) is 0.886. The molecule has 1 aliphatic heterocycles. The molecule has 2 aliphatic rings. The van der Waals surface area contributed by atoms with Crippen LogP contribution in [-0.2, 0) is 9.59 Å². The zero-order valence-corrected chi connectivity index (χ0v) is 7.06. The molecule has 0 aromatic carbocycles. The zero-order valence-electron chi connectivity index (χ0n) is 7.06. The van der Waals surface area contributed by atoms with Crippen LogP contribution in [0.5, 0.6) is 0 Å². The molecule has 1 saturated carbocycles. The van der Waals surface area contributed by atoms with E-state index in [9.17, 15) is 9.59 Å². The van der Waals surface area contributed by atoms with Gasteiger partial charge in [0.05, 0.1) is 0 Å². The van der Waals surface area contributed by atoms with Gasteiger partial charge >= 0.3 is 0 Å². The van der Waals surface area contributed by atoms with Crippen LogP contribution in [0.4, 0.5) is 0 Å². The van der Waals surface area contributed by atoms with Crippen molar-refractivity contribution < 1.29 is 9.59 Å². The summed E-state index contributed by atoms with van der Waals surface area (Å²) in [7, 11) is 0. The first kappa shape index (κ1) is 7.77. The topological polar surface area (TPSA) is 46.2 Å². The summed E-state index contributed by atoms with van der Waals surface area (Å²) in [6, 6.07) is 0. The Morgan fingerprint density at radius 1 is 1.17 bits per heavy atom. The molecule has 0 aromatic rings. The molecule has 1 saturated heterocycles. The maximum absolute atomic E-state index is 11.6. The highest BCUT2D eigenvalue weighted by Gasteiger charge is 2.48. The van der Waals surface area contributed by atoms with Crippen molar-refractivity contribution in [1.29, 1.82) is 0 Å². The van der Waals surface area contributed by atoms with Gasteiger partial charge in [0.15, 0.2) is 0 Å². The van der Waals surface area contributed by atoms with Crippen LogP contribution in [0.1, 0.15) is 32.1 Å². The molecule has 3 heteroatoms. The molecule has 1 amide bonds. The van der Waals surface area contributed by atoms with E-state index in [4.69, 9.17) is 0 Å². The van der Waals surface area contributed by atoms with E-state index in [1.54, 1.807) is 0 Å². The van der Waals surface area contributed by atoms with Crippen LogP contribution in [0.3, 0.4) is 0 Å². The Balaban J connectivity index is 2.27. The van der Waals surface area contributed by atoms with E-state index in [-0.39, 0.29) is 11.7 Å². The van der Waals surface area contributed by atoms with Crippen LogP contribution < -0.4 is 5.32 Å². The third-order valence-electron chi connectivity index (χ3n) is 3.06. The normalized spacial score (nSPS) is 35.7. The van der Waals surface area contributed by atoms with E-state index in [1.807, 2.05) is 0 Å². The van der Waals surface area contributed by atoms with E-state index >= 15 is 0 Å². The molecule has 1 atom stereocenters. The number of carbonyl (C=O) groups excluding carboxylic acids is 2. The standard InChI is InChI=1S/C9H13NO2/c11-7-3-1-2-4-9(7)5-6-10-8(9)12/h1-6H2,(H,10,12)/t9-/m1/s1. The van der Waals surface area contributed by atoms with E-state index in [1.165, 1.54) is 0 Å². The first-order valence-electron chi connectivity index (χ1n) is 4.57. The fourth-order valence-corrected chi connectivity index (χ4v) is 2.27. The average Bonchev–Trinajstić information content (AvgIpc) is 2.41. The summed E-state index contributed by atoms with van der Waals surface area (Å²) >= 11 is 0. The second kappa shape index (κ2) is 2.57. The molecular weight excluding hydrogens is 154 g/mol.